The van der Waals surface area contributed by atoms with Gasteiger partial charge < -0.3 is 0 Å². The van der Waals surface area contributed by atoms with Gasteiger partial charge in [0.25, 0.3) is 0 Å². The number of thiol groups is 1. The van der Waals surface area contributed by atoms with E-state index in [0.29, 0.717) is 22.9 Å². The molecule has 2 heterocycles. The van der Waals surface area contributed by atoms with Gasteiger partial charge in [-0.3, -0.25) is 9.69 Å². The van der Waals surface area contributed by atoms with Crippen molar-refractivity contribution in [1.29, 1.82) is 0 Å². The number of carbonyl (C=O) groups excluding carboxylic acids is 1. The number of carbonyl (C=O) groups is 1. The third kappa shape index (κ3) is 2.50. The lowest BCUT2D eigenvalue weighted by atomic mass is 9.92. The van der Waals surface area contributed by atoms with Crippen LogP contribution in [-0.4, -0.2) is 28.0 Å². The van der Waals surface area contributed by atoms with Crippen LogP contribution in [0.2, 0.25) is 0 Å². The number of Topliss-reactive ketones (excluding diaryl/α,β-unsaturated/α-hetero) is 1. The quantitative estimate of drug-likeness (QED) is 0.853. The van der Waals surface area contributed by atoms with Crippen molar-refractivity contribution in [1.82, 2.24) is 4.90 Å². The average molecular weight is 319 g/mol. The molecule has 4 rings (SSSR count). The van der Waals surface area contributed by atoms with Crippen LogP contribution >= 0.6 is 12.6 Å². The third-order valence-electron chi connectivity index (χ3n) is 5.51. The van der Waals surface area contributed by atoms with Gasteiger partial charge in [-0.1, -0.05) is 18.2 Å². The summed E-state index contributed by atoms with van der Waals surface area (Å²) in [4.78, 5) is 15.3. The highest BCUT2D eigenvalue weighted by Gasteiger charge is 2.48. The molecule has 2 saturated heterocycles. The number of halogens is 1. The molecule has 0 radical (unpaired) electrons. The molecule has 3 fully saturated rings. The molecule has 1 saturated carbocycles. The summed E-state index contributed by atoms with van der Waals surface area (Å²) in [6.07, 6.45) is 6.21. The summed E-state index contributed by atoms with van der Waals surface area (Å²) >= 11 is 4.66. The van der Waals surface area contributed by atoms with E-state index in [9.17, 15) is 9.18 Å². The summed E-state index contributed by atoms with van der Waals surface area (Å²) in [6, 6.07) is 7.21. The average Bonchev–Trinajstić information content (AvgIpc) is 3.29. The van der Waals surface area contributed by atoms with Crippen LogP contribution in [0.4, 0.5) is 4.39 Å². The van der Waals surface area contributed by atoms with Crippen LogP contribution in [0.25, 0.3) is 0 Å². The molecule has 3 aliphatic rings. The molecule has 1 aromatic rings. The Morgan fingerprint density at radius 1 is 1.14 bits per heavy atom. The van der Waals surface area contributed by atoms with Crippen molar-refractivity contribution < 1.29 is 9.18 Å². The van der Waals surface area contributed by atoms with E-state index in [0.717, 1.165) is 38.5 Å². The fourth-order valence-electron chi connectivity index (χ4n) is 4.35. The van der Waals surface area contributed by atoms with Gasteiger partial charge in [-0.25, -0.2) is 4.39 Å². The monoisotopic (exact) mass is 319 g/mol. The van der Waals surface area contributed by atoms with Gasteiger partial charge in [0, 0.05) is 28.8 Å². The summed E-state index contributed by atoms with van der Waals surface area (Å²) in [6.45, 7) is 0. The molecule has 4 heteroatoms. The maximum atomic E-state index is 14.4. The van der Waals surface area contributed by atoms with Crippen LogP contribution in [0.5, 0.6) is 0 Å². The van der Waals surface area contributed by atoms with E-state index in [-0.39, 0.29) is 23.6 Å². The zero-order valence-corrected chi connectivity index (χ0v) is 13.5. The van der Waals surface area contributed by atoms with E-state index in [1.165, 1.54) is 6.07 Å². The predicted octanol–water partition coefficient (Wildman–Crippen LogP) is 3.77. The van der Waals surface area contributed by atoms with Gasteiger partial charge >= 0.3 is 0 Å². The fourth-order valence-corrected chi connectivity index (χ4v) is 4.84. The number of hydrogen-bond donors (Lipinski definition) is 1. The Labute approximate surface area is 136 Å². The van der Waals surface area contributed by atoms with E-state index in [2.05, 4.69) is 17.5 Å². The third-order valence-corrected chi connectivity index (χ3v) is 5.93. The first-order chi connectivity index (χ1) is 10.6. The van der Waals surface area contributed by atoms with Crippen LogP contribution in [0.15, 0.2) is 24.3 Å². The zero-order valence-electron chi connectivity index (χ0n) is 12.6. The summed E-state index contributed by atoms with van der Waals surface area (Å²) in [5.41, 5.74) is 0.578. The zero-order chi connectivity index (χ0) is 15.3. The maximum Gasteiger partial charge on any atom is 0.157 e. The topological polar surface area (TPSA) is 20.3 Å². The normalized spacial score (nSPS) is 32.9. The Hall–Kier alpha value is -0.870. The highest BCUT2D eigenvalue weighted by atomic mass is 32.1. The van der Waals surface area contributed by atoms with Gasteiger partial charge in [-0.05, 0) is 44.6 Å². The molecule has 2 aliphatic heterocycles. The molecule has 0 N–H and O–H groups in total. The number of ketones is 1. The second-order valence-corrected chi connectivity index (χ2v) is 7.79. The number of hydrogen-bond acceptors (Lipinski definition) is 3. The Kier molecular flexibility index (Phi) is 3.77. The Balaban J connectivity index is 1.72. The first-order valence-corrected chi connectivity index (χ1v) is 8.90. The summed E-state index contributed by atoms with van der Waals surface area (Å²) in [5.74, 6) is 0.145. The molecular weight excluding hydrogens is 297 g/mol. The van der Waals surface area contributed by atoms with Crippen LogP contribution in [0.1, 0.15) is 50.1 Å². The highest BCUT2D eigenvalue weighted by molar-refractivity contribution is 7.80. The Morgan fingerprint density at radius 2 is 1.77 bits per heavy atom. The molecule has 0 amide bonds. The van der Waals surface area contributed by atoms with Crippen molar-refractivity contribution in [3.05, 3.63) is 35.6 Å². The molecule has 2 nitrogen and oxygen atoms in total. The second-order valence-electron chi connectivity index (χ2n) is 7.06. The maximum absolute atomic E-state index is 14.4. The number of nitrogens with zero attached hydrogens (tertiary/aromatic N) is 1. The summed E-state index contributed by atoms with van der Waals surface area (Å²) < 4.78 is 14.4. The van der Waals surface area contributed by atoms with Gasteiger partial charge in [-0.15, -0.1) is 0 Å². The van der Waals surface area contributed by atoms with E-state index >= 15 is 0 Å². The molecule has 1 aromatic carbocycles. The van der Waals surface area contributed by atoms with Crippen molar-refractivity contribution in [3.8, 4) is 0 Å². The first-order valence-electron chi connectivity index (χ1n) is 8.39. The number of fused-ring (bicyclic) bond motifs is 2. The standard InChI is InChI=1S/C18H22FNOS/c19-16-4-2-1-3-15(16)17(18(21)11-5-6-11)20-12-7-8-13(20)10-14(22)9-12/h1-4,11-14,17,22H,5-10H2. The lowest BCUT2D eigenvalue weighted by Crippen LogP contribution is -2.48. The van der Waals surface area contributed by atoms with Gasteiger partial charge in [0.1, 0.15) is 5.82 Å². The van der Waals surface area contributed by atoms with Crippen LogP contribution < -0.4 is 0 Å². The second kappa shape index (κ2) is 5.64. The van der Waals surface area contributed by atoms with Gasteiger partial charge in [0.2, 0.25) is 0 Å². The number of piperidine rings is 1. The van der Waals surface area contributed by atoms with Crippen LogP contribution in [-0.2, 0) is 4.79 Å². The summed E-state index contributed by atoms with van der Waals surface area (Å²) in [5, 5.41) is 0.422. The molecule has 0 aromatic heterocycles. The first kappa shape index (κ1) is 14.7. The SMILES string of the molecule is O=C(C1CC1)C(c1ccccc1F)N1C2CCC1CC(S)C2. The molecule has 3 atom stereocenters. The number of benzene rings is 1. The molecular formula is C18H22FNOS. The minimum Gasteiger partial charge on any atom is -0.297 e. The minimum atomic E-state index is -0.382. The smallest absolute Gasteiger partial charge is 0.157 e. The molecule has 118 valence electrons. The van der Waals surface area contributed by atoms with E-state index in [1.807, 2.05) is 6.07 Å². The van der Waals surface area contributed by atoms with Crippen molar-refractivity contribution in [2.75, 3.05) is 0 Å². The van der Waals surface area contributed by atoms with E-state index in [4.69, 9.17) is 0 Å². The van der Waals surface area contributed by atoms with Gasteiger partial charge in [-0.2, -0.15) is 12.6 Å². The molecule has 2 bridgehead atoms. The largest absolute Gasteiger partial charge is 0.297 e. The highest BCUT2D eigenvalue weighted by Crippen LogP contribution is 2.46. The van der Waals surface area contributed by atoms with Crippen molar-refractivity contribution in [2.45, 2.75) is 61.9 Å². The predicted molar refractivity (Wildman–Crippen MR) is 87.5 cm³/mol. The Bertz CT molecular complexity index is 574. The lowest BCUT2D eigenvalue weighted by Gasteiger charge is -2.42. The van der Waals surface area contributed by atoms with E-state index in [1.54, 1.807) is 12.1 Å². The Morgan fingerprint density at radius 3 is 2.36 bits per heavy atom. The van der Waals surface area contributed by atoms with Crippen molar-refractivity contribution in [3.63, 3.8) is 0 Å². The van der Waals surface area contributed by atoms with Gasteiger partial charge in [0.15, 0.2) is 5.78 Å². The van der Waals surface area contributed by atoms with Crippen LogP contribution in [0, 0.1) is 11.7 Å². The fraction of sp³-hybridized carbons (Fsp3) is 0.611. The minimum absolute atomic E-state index is 0.151. The van der Waals surface area contributed by atoms with Crippen molar-refractivity contribution >= 4 is 18.4 Å². The lowest BCUT2D eigenvalue weighted by molar-refractivity contribution is -0.127. The molecule has 3 unspecified atom stereocenters. The van der Waals surface area contributed by atoms with E-state index < -0.39 is 0 Å². The summed E-state index contributed by atoms with van der Waals surface area (Å²) in [7, 11) is 0. The van der Waals surface area contributed by atoms with Gasteiger partial charge in [0.05, 0.1) is 6.04 Å². The van der Waals surface area contributed by atoms with Crippen LogP contribution in [0.3, 0.4) is 0 Å². The molecule has 0 spiro atoms. The molecule has 22 heavy (non-hydrogen) atoms. The van der Waals surface area contributed by atoms with Crippen molar-refractivity contribution in [2.24, 2.45) is 5.92 Å². The number of rotatable bonds is 4. The molecule has 1 aliphatic carbocycles.